The van der Waals surface area contributed by atoms with E-state index < -0.39 is 0 Å². The molecule has 2 nitrogen and oxygen atoms in total. The SMILES string of the molecule is C=N/C(=C\C(=C\C(=CC)c1c(Cl)cccc1Cl)C(=C)C)NC. The van der Waals surface area contributed by atoms with Gasteiger partial charge in [0.1, 0.15) is 5.82 Å². The lowest BCUT2D eigenvalue weighted by Gasteiger charge is -2.11. The number of hydrogen-bond donors (Lipinski definition) is 1. The fourth-order valence-corrected chi connectivity index (χ4v) is 2.49. The Balaban J connectivity index is 3.43. The van der Waals surface area contributed by atoms with Crippen LogP contribution in [0.4, 0.5) is 0 Å². The van der Waals surface area contributed by atoms with Gasteiger partial charge in [-0.2, -0.15) is 0 Å². The summed E-state index contributed by atoms with van der Waals surface area (Å²) in [5.41, 5.74) is 3.54. The Morgan fingerprint density at radius 1 is 1.23 bits per heavy atom. The van der Waals surface area contributed by atoms with E-state index in [9.17, 15) is 0 Å². The quantitative estimate of drug-likeness (QED) is 0.526. The molecule has 4 heteroatoms. The Kier molecular flexibility index (Phi) is 7.16. The van der Waals surface area contributed by atoms with E-state index in [-0.39, 0.29) is 0 Å². The molecule has 0 heterocycles. The fraction of sp³-hybridized carbons (Fsp3) is 0.167. The Morgan fingerprint density at radius 3 is 2.23 bits per heavy atom. The molecule has 0 bridgehead atoms. The van der Waals surface area contributed by atoms with Crippen molar-refractivity contribution in [1.29, 1.82) is 0 Å². The van der Waals surface area contributed by atoms with Crippen molar-refractivity contribution in [3.63, 3.8) is 0 Å². The Bertz CT molecular complexity index is 647. The van der Waals surface area contributed by atoms with Gasteiger partial charge in [-0.3, -0.25) is 0 Å². The summed E-state index contributed by atoms with van der Waals surface area (Å²) in [7, 11) is 1.79. The van der Waals surface area contributed by atoms with Gasteiger partial charge < -0.3 is 5.32 Å². The number of allylic oxidation sites excluding steroid dienone is 6. The number of halogens is 2. The average molecular weight is 335 g/mol. The standard InChI is InChI=1S/C18H20Cl2N2/c1-6-13(18-15(19)8-7-9-16(18)20)10-14(12(2)3)11-17(21-4)22-5/h6-11,22H,2,4H2,1,3,5H3/b13-6?,14-10-,17-11+. The molecule has 0 fully saturated rings. The van der Waals surface area contributed by atoms with Gasteiger partial charge in [0.25, 0.3) is 0 Å². The number of rotatable bonds is 6. The van der Waals surface area contributed by atoms with E-state index in [0.717, 1.165) is 22.3 Å². The maximum absolute atomic E-state index is 6.29. The summed E-state index contributed by atoms with van der Waals surface area (Å²) in [6, 6.07) is 5.47. The summed E-state index contributed by atoms with van der Waals surface area (Å²) in [5, 5.41) is 4.19. The highest BCUT2D eigenvalue weighted by Gasteiger charge is 2.10. The first-order valence-electron chi connectivity index (χ1n) is 6.79. The van der Waals surface area contributed by atoms with E-state index in [4.69, 9.17) is 23.2 Å². The van der Waals surface area contributed by atoms with E-state index >= 15 is 0 Å². The van der Waals surface area contributed by atoms with Gasteiger partial charge in [-0.1, -0.05) is 47.5 Å². The maximum atomic E-state index is 6.29. The Hall–Kier alpha value is -1.77. The minimum absolute atomic E-state index is 0.609. The second-order valence-corrected chi connectivity index (χ2v) is 5.47. The van der Waals surface area contributed by atoms with E-state index in [2.05, 4.69) is 23.6 Å². The molecule has 0 aliphatic carbocycles. The van der Waals surface area contributed by atoms with Crippen LogP contribution in [0, 0.1) is 0 Å². The van der Waals surface area contributed by atoms with Crippen molar-refractivity contribution < 1.29 is 0 Å². The third kappa shape index (κ3) is 4.62. The predicted molar refractivity (Wildman–Crippen MR) is 99.7 cm³/mol. The Labute approximate surface area is 142 Å². The molecule has 22 heavy (non-hydrogen) atoms. The molecule has 0 aromatic heterocycles. The molecule has 1 aromatic rings. The van der Waals surface area contributed by atoms with Gasteiger partial charge in [0.2, 0.25) is 0 Å². The highest BCUT2D eigenvalue weighted by molar-refractivity contribution is 6.37. The summed E-state index contributed by atoms with van der Waals surface area (Å²) in [4.78, 5) is 3.92. The van der Waals surface area contributed by atoms with Gasteiger partial charge in [-0.25, -0.2) is 4.99 Å². The molecule has 0 amide bonds. The van der Waals surface area contributed by atoms with Crippen LogP contribution in [0.2, 0.25) is 10.0 Å². The second kappa shape index (κ2) is 8.62. The average Bonchev–Trinajstić information content (AvgIpc) is 2.49. The topological polar surface area (TPSA) is 24.4 Å². The zero-order valence-corrected chi connectivity index (χ0v) is 14.6. The molecule has 116 valence electrons. The molecule has 0 atom stereocenters. The molecule has 0 saturated heterocycles. The van der Waals surface area contributed by atoms with Crippen molar-refractivity contribution in [3.8, 4) is 0 Å². The highest BCUT2D eigenvalue weighted by atomic mass is 35.5. The van der Waals surface area contributed by atoms with Crippen molar-refractivity contribution >= 4 is 35.5 Å². The predicted octanol–water partition coefficient (Wildman–Crippen LogP) is 5.66. The minimum Gasteiger partial charge on any atom is -0.373 e. The smallest absolute Gasteiger partial charge is 0.125 e. The lowest BCUT2D eigenvalue weighted by molar-refractivity contribution is 0.967. The molecule has 1 N–H and O–H groups in total. The molecular weight excluding hydrogens is 315 g/mol. The Morgan fingerprint density at radius 2 is 1.82 bits per heavy atom. The summed E-state index contributed by atoms with van der Waals surface area (Å²) in [5.74, 6) is 0.662. The lowest BCUT2D eigenvalue weighted by atomic mass is 9.99. The van der Waals surface area contributed by atoms with Gasteiger partial charge in [0.05, 0.1) is 0 Å². The molecule has 0 aliphatic rings. The zero-order valence-electron chi connectivity index (χ0n) is 13.1. The lowest BCUT2D eigenvalue weighted by Crippen LogP contribution is -2.03. The molecule has 0 saturated carbocycles. The van der Waals surface area contributed by atoms with Crippen LogP contribution in [0.15, 0.2) is 65.0 Å². The first-order chi connectivity index (χ1) is 10.4. The second-order valence-electron chi connectivity index (χ2n) is 4.66. The van der Waals surface area contributed by atoms with Gasteiger partial charge in [0.15, 0.2) is 0 Å². The van der Waals surface area contributed by atoms with Crippen molar-refractivity contribution in [2.75, 3.05) is 7.05 Å². The van der Waals surface area contributed by atoms with E-state index in [1.54, 1.807) is 7.05 Å². The highest BCUT2D eigenvalue weighted by Crippen LogP contribution is 2.33. The van der Waals surface area contributed by atoms with Crippen LogP contribution in [0.1, 0.15) is 19.4 Å². The number of nitrogens with one attached hydrogen (secondary N) is 1. The maximum Gasteiger partial charge on any atom is 0.125 e. The van der Waals surface area contributed by atoms with Gasteiger partial charge in [-0.05, 0) is 56.0 Å². The van der Waals surface area contributed by atoms with E-state index in [1.165, 1.54) is 0 Å². The van der Waals surface area contributed by atoms with Crippen LogP contribution in [-0.4, -0.2) is 13.8 Å². The third-order valence-electron chi connectivity index (χ3n) is 3.08. The van der Waals surface area contributed by atoms with Gasteiger partial charge >= 0.3 is 0 Å². The zero-order chi connectivity index (χ0) is 16.7. The van der Waals surface area contributed by atoms with E-state index in [0.29, 0.717) is 15.9 Å². The van der Waals surface area contributed by atoms with Crippen LogP contribution >= 0.6 is 23.2 Å². The van der Waals surface area contributed by atoms with E-state index in [1.807, 2.05) is 50.3 Å². The van der Waals surface area contributed by atoms with Crippen molar-refractivity contribution in [2.24, 2.45) is 4.99 Å². The third-order valence-corrected chi connectivity index (χ3v) is 3.71. The fourth-order valence-electron chi connectivity index (χ4n) is 1.87. The number of aliphatic imine (C=N–C) groups is 1. The molecule has 1 rings (SSSR count). The summed E-state index contributed by atoms with van der Waals surface area (Å²) < 4.78 is 0. The van der Waals surface area contributed by atoms with Crippen LogP contribution in [-0.2, 0) is 0 Å². The molecule has 1 aromatic carbocycles. The normalized spacial score (nSPS) is 13.0. The first kappa shape index (κ1) is 18.3. The molecular formula is C18H20Cl2N2. The molecule has 0 radical (unpaired) electrons. The molecule has 0 aliphatic heterocycles. The monoisotopic (exact) mass is 334 g/mol. The number of hydrogen-bond acceptors (Lipinski definition) is 2. The van der Waals surface area contributed by atoms with Crippen LogP contribution in [0.5, 0.6) is 0 Å². The van der Waals surface area contributed by atoms with Crippen LogP contribution < -0.4 is 5.32 Å². The molecule has 0 spiro atoms. The number of nitrogens with zero attached hydrogens (tertiary/aromatic N) is 1. The minimum atomic E-state index is 0.609. The molecule has 0 unspecified atom stereocenters. The largest absolute Gasteiger partial charge is 0.373 e. The number of benzene rings is 1. The van der Waals surface area contributed by atoms with Crippen LogP contribution in [0.3, 0.4) is 0 Å². The van der Waals surface area contributed by atoms with Crippen LogP contribution in [0.25, 0.3) is 5.57 Å². The summed E-state index contributed by atoms with van der Waals surface area (Å²) in [6.45, 7) is 11.4. The van der Waals surface area contributed by atoms with Crippen molar-refractivity contribution in [1.82, 2.24) is 5.32 Å². The van der Waals surface area contributed by atoms with Gasteiger partial charge in [-0.15, -0.1) is 0 Å². The van der Waals surface area contributed by atoms with Gasteiger partial charge in [0, 0.05) is 22.7 Å². The summed E-state index contributed by atoms with van der Waals surface area (Å²) in [6.07, 6.45) is 5.83. The van der Waals surface area contributed by atoms with Crippen molar-refractivity contribution in [2.45, 2.75) is 13.8 Å². The first-order valence-corrected chi connectivity index (χ1v) is 7.54. The van der Waals surface area contributed by atoms with Crippen molar-refractivity contribution in [3.05, 3.63) is 75.6 Å². The summed E-state index contributed by atoms with van der Waals surface area (Å²) >= 11 is 12.6.